The van der Waals surface area contributed by atoms with Crippen LogP contribution in [0.2, 0.25) is 0 Å². The second kappa shape index (κ2) is 3.22. The van der Waals surface area contributed by atoms with Crippen LogP contribution in [0.5, 0.6) is 0 Å². The van der Waals surface area contributed by atoms with Crippen LogP contribution in [-0.2, 0) is 0 Å². The van der Waals surface area contributed by atoms with Gasteiger partial charge in [0.25, 0.3) is 5.92 Å². The van der Waals surface area contributed by atoms with Gasteiger partial charge in [0.15, 0.2) is 0 Å². The molecular weight excluding hydrogens is 228 g/mol. The Morgan fingerprint density at radius 2 is 2.12 bits per heavy atom. The number of alkyl halides is 2. The summed E-state index contributed by atoms with van der Waals surface area (Å²) in [4.78, 5) is 7.93. The van der Waals surface area contributed by atoms with E-state index in [9.17, 15) is 8.78 Å². The molecule has 0 aromatic carbocycles. The number of nitrogens with zero attached hydrogens (tertiary/aromatic N) is 4. The Morgan fingerprint density at radius 1 is 1.35 bits per heavy atom. The maximum absolute atomic E-state index is 13.0. The number of anilines is 1. The summed E-state index contributed by atoms with van der Waals surface area (Å²) < 4.78 is 27.3. The van der Waals surface area contributed by atoms with E-state index in [1.54, 1.807) is 6.07 Å². The molecule has 17 heavy (non-hydrogen) atoms. The minimum Gasteiger partial charge on any atom is -0.382 e. The number of rotatable bonds is 2. The lowest BCUT2D eigenvalue weighted by atomic mass is 10.3. The van der Waals surface area contributed by atoms with E-state index in [-0.39, 0.29) is 12.2 Å². The Labute approximate surface area is 95.3 Å². The third-order valence-electron chi connectivity index (χ3n) is 2.69. The number of aromatic nitrogens is 4. The monoisotopic (exact) mass is 237 g/mol. The van der Waals surface area contributed by atoms with E-state index < -0.39 is 12.0 Å². The first-order valence-electron chi connectivity index (χ1n) is 5.07. The molecule has 0 aliphatic heterocycles. The average Bonchev–Trinajstić information content (AvgIpc) is 2.75. The van der Waals surface area contributed by atoms with Crippen LogP contribution in [0.25, 0.3) is 11.4 Å². The van der Waals surface area contributed by atoms with Gasteiger partial charge in [0.2, 0.25) is 0 Å². The third kappa shape index (κ3) is 1.63. The predicted molar refractivity (Wildman–Crippen MR) is 56.3 cm³/mol. The second-order valence-corrected chi connectivity index (χ2v) is 3.97. The Kier molecular flexibility index (Phi) is 1.92. The van der Waals surface area contributed by atoms with E-state index in [0.717, 1.165) is 0 Å². The van der Waals surface area contributed by atoms with Gasteiger partial charge in [0, 0.05) is 12.6 Å². The van der Waals surface area contributed by atoms with Gasteiger partial charge in [-0.2, -0.15) is 5.10 Å². The van der Waals surface area contributed by atoms with Gasteiger partial charge in [0.1, 0.15) is 17.6 Å². The summed E-state index contributed by atoms with van der Waals surface area (Å²) in [6.45, 7) is 0. The molecule has 1 unspecified atom stereocenters. The van der Waals surface area contributed by atoms with Crippen LogP contribution in [0.4, 0.5) is 14.6 Å². The molecule has 1 aliphatic rings. The highest BCUT2D eigenvalue weighted by Crippen LogP contribution is 2.53. The van der Waals surface area contributed by atoms with Crippen molar-refractivity contribution in [2.45, 2.75) is 18.4 Å². The largest absolute Gasteiger partial charge is 0.382 e. The van der Waals surface area contributed by atoms with Crippen molar-refractivity contribution >= 4 is 5.82 Å². The SMILES string of the molecule is Nc1cnc(-c2ccnn2C2CC2(F)F)cn1. The highest BCUT2D eigenvalue weighted by molar-refractivity contribution is 5.54. The fraction of sp³-hybridized carbons (Fsp3) is 0.300. The molecule has 0 amide bonds. The molecule has 0 spiro atoms. The van der Waals surface area contributed by atoms with E-state index in [1.807, 2.05) is 0 Å². The molecule has 1 fully saturated rings. The predicted octanol–water partition coefficient (Wildman–Crippen LogP) is 1.50. The fourth-order valence-corrected chi connectivity index (χ4v) is 1.70. The summed E-state index contributed by atoms with van der Waals surface area (Å²) in [6, 6.07) is 0.765. The first-order valence-corrected chi connectivity index (χ1v) is 5.07. The van der Waals surface area contributed by atoms with Gasteiger partial charge >= 0.3 is 0 Å². The minimum absolute atomic E-state index is 0.177. The third-order valence-corrected chi connectivity index (χ3v) is 2.69. The molecule has 2 aromatic heterocycles. The molecule has 5 nitrogen and oxygen atoms in total. The number of nitrogen functional groups attached to an aromatic ring is 1. The highest BCUT2D eigenvalue weighted by Gasteiger charge is 2.59. The normalized spacial score (nSPS) is 21.4. The molecule has 2 heterocycles. The summed E-state index contributed by atoms with van der Waals surface area (Å²) in [5, 5.41) is 3.91. The van der Waals surface area contributed by atoms with Crippen LogP contribution in [0, 0.1) is 0 Å². The van der Waals surface area contributed by atoms with E-state index in [2.05, 4.69) is 15.1 Å². The topological polar surface area (TPSA) is 69.6 Å². The Balaban J connectivity index is 1.99. The van der Waals surface area contributed by atoms with Crippen LogP contribution < -0.4 is 5.73 Å². The smallest absolute Gasteiger partial charge is 0.272 e. The Bertz CT molecular complexity index is 548. The molecule has 2 aromatic rings. The molecular formula is C10H9F2N5. The zero-order valence-corrected chi connectivity index (χ0v) is 8.72. The lowest BCUT2D eigenvalue weighted by Gasteiger charge is -2.05. The van der Waals surface area contributed by atoms with Crippen molar-refractivity contribution in [2.24, 2.45) is 0 Å². The van der Waals surface area contributed by atoms with Crippen LogP contribution in [0.3, 0.4) is 0 Å². The second-order valence-electron chi connectivity index (χ2n) is 3.97. The average molecular weight is 237 g/mol. The Morgan fingerprint density at radius 3 is 2.71 bits per heavy atom. The number of hydrogen-bond acceptors (Lipinski definition) is 4. The van der Waals surface area contributed by atoms with Gasteiger partial charge in [-0.25, -0.2) is 18.7 Å². The van der Waals surface area contributed by atoms with Crippen LogP contribution in [0.1, 0.15) is 12.5 Å². The molecule has 0 radical (unpaired) electrons. The van der Waals surface area contributed by atoms with E-state index >= 15 is 0 Å². The number of hydrogen-bond donors (Lipinski definition) is 1. The maximum atomic E-state index is 13.0. The first-order chi connectivity index (χ1) is 8.08. The summed E-state index contributed by atoms with van der Waals surface area (Å²) in [5.74, 6) is -2.38. The molecule has 1 aliphatic carbocycles. The molecule has 2 N–H and O–H groups in total. The van der Waals surface area contributed by atoms with Crippen molar-refractivity contribution in [3.8, 4) is 11.4 Å². The lowest BCUT2D eigenvalue weighted by molar-refractivity contribution is 0.0986. The molecule has 1 saturated carbocycles. The molecule has 88 valence electrons. The summed E-state index contributed by atoms with van der Waals surface area (Å²) >= 11 is 0. The number of nitrogens with two attached hydrogens (primary N) is 1. The molecule has 3 rings (SSSR count). The zero-order chi connectivity index (χ0) is 12.0. The van der Waals surface area contributed by atoms with Gasteiger partial charge in [-0.05, 0) is 6.07 Å². The molecule has 1 atom stereocenters. The van der Waals surface area contributed by atoms with Gasteiger partial charge in [0.05, 0.1) is 18.1 Å². The molecule has 0 saturated heterocycles. The summed E-state index contributed by atoms with van der Waals surface area (Å²) in [6.07, 6.45) is 4.13. The lowest BCUT2D eigenvalue weighted by Crippen LogP contribution is -2.06. The minimum atomic E-state index is -2.66. The van der Waals surface area contributed by atoms with Crippen molar-refractivity contribution in [1.82, 2.24) is 19.7 Å². The van der Waals surface area contributed by atoms with E-state index in [1.165, 1.54) is 23.3 Å². The van der Waals surface area contributed by atoms with Crippen molar-refractivity contribution in [3.05, 3.63) is 24.7 Å². The van der Waals surface area contributed by atoms with Gasteiger partial charge < -0.3 is 5.73 Å². The van der Waals surface area contributed by atoms with Crippen molar-refractivity contribution in [2.75, 3.05) is 5.73 Å². The van der Waals surface area contributed by atoms with E-state index in [4.69, 9.17) is 5.73 Å². The van der Waals surface area contributed by atoms with Crippen molar-refractivity contribution < 1.29 is 8.78 Å². The van der Waals surface area contributed by atoms with Crippen molar-refractivity contribution in [3.63, 3.8) is 0 Å². The number of halogens is 2. The highest BCUT2D eigenvalue weighted by atomic mass is 19.3. The van der Waals surface area contributed by atoms with Crippen LogP contribution >= 0.6 is 0 Å². The van der Waals surface area contributed by atoms with Crippen molar-refractivity contribution in [1.29, 1.82) is 0 Å². The van der Waals surface area contributed by atoms with Gasteiger partial charge in [-0.3, -0.25) is 4.68 Å². The molecule has 0 bridgehead atoms. The quantitative estimate of drug-likeness (QED) is 0.859. The maximum Gasteiger partial charge on any atom is 0.272 e. The fourth-order valence-electron chi connectivity index (χ4n) is 1.70. The van der Waals surface area contributed by atoms with E-state index in [0.29, 0.717) is 11.4 Å². The summed E-state index contributed by atoms with van der Waals surface area (Å²) in [5.41, 5.74) is 6.43. The van der Waals surface area contributed by atoms with Crippen LogP contribution in [0.15, 0.2) is 24.7 Å². The van der Waals surface area contributed by atoms with Crippen LogP contribution in [-0.4, -0.2) is 25.7 Å². The first kappa shape index (κ1) is 10.1. The standard InChI is InChI=1S/C10H9F2N5/c11-10(12)3-8(10)17-7(1-2-16-17)6-4-15-9(13)5-14-6/h1-2,4-5,8H,3H2,(H2,13,15). The zero-order valence-electron chi connectivity index (χ0n) is 8.72. The van der Waals surface area contributed by atoms with Gasteiger partial charge in [-0.15, -0.1) is 0 Å². The Hall–Kier alpha value is -2.05. The molecule has 7 heteroatoms. The van der Waals surface area contributed by atoms with Gasteiger partial charge in [-0.1, -0.05) is 0 Å². The summed E-state index contributed by atoms with van der Waals surface area (Å²) in [7, 11) is 0.